The molecule has 0 spiro atoms. The van der Waals surface area contributed by atoms with E-state index in [0.717, 1.165) is 55.1 Å². The van der Waals surface area contributed by atoms with E-state index >= 15 is 0 Å². The lowest BCUT2D eigenvalue weighted by atomic mass is 10.1. The van der Waals surface area contributed by atoms with Crippen LogP contribution in [0.25, 0.3) is 0 Å². The smallest absolute Gasteiger partial charge is 0.272 e. The number of nitrogens with zero attached hydrogens (tertiary/aromatic N) is 4. The highest BCUT2D eigenvalue weighted by atomic mass is 16.1. The van der Waals surface area contributed by atoms with Crippen molar-refractivity contribution < 1.29 is 4.79 Å². The molecule has 7 heteroatoms. The second-order valence-electron chi connectivity index (χ2n) is 5.94. The summed E-state index contributed by atoms with van der Waals surface area (Å²) in [5.74, 6) is 2.30. The Morgan fingerprint density at radius 3 is 3.19 bits per heavy atom. The van der Waals surface area contributed by atoms with Crippen LogP contribution >= 0.6 is 0 Å². The Kier molecular flexibility index (Phi) is 2.80. The van der Waals surface area contributed by atoms with Crippen molar-refractivity contribution in [2.24, 2.45) is 5.92 Å². The second kappa shape index (κ2) is 4.68. The minimum atomic E-state index is -0.0613. The van der Waals surface area contributed by atoms with Gasteiger partial charge in [0.05, 0.1) is 0 Å². The number of hydrogen-bond donors (Lipinski definition) is 2. The standard InChI is InChI=1S/C14H18N6O/c1-8-16-18-12-5-9(7-20(8)12)6-15-14(21)13-10-3-2-4-11(10)17-19-13/h9H,2-7H2,1H3,(H,15,21)(H,17,19). The molecule has 2 N–H and O–H groups in total. The Balaban J connectivity index is 1.38. The molecule has 4 rings (SSSR count). The summed E-state index contributed by atoms with van der Waals surface area (Å²) in [5, 5.41) is 18.4. The van der Waals surface area contributed by atoms with Crippen molar-refractivity contribution in [3.8, 4) is 0 Å². The van der Waals surface area contributed by atoms with Gasteiger partial charge in [-0.25, -0.2) is 0 Å². The van der Waals surface area contributed by atoms with Gasteiger partial charge in [0.15, 0.2) is 5.69 Å². The van der Waals surface area contributed by atoms with Crippen LogP contribution in [0.3, 0.4) is 0 Å². The average molecular weight is 286 g/mol. The average Bonchev–Trinajstić information content (AvgIpc) is 3.18. The van der Waals surface area contributed by atoms with E-state index in [-0.39, 0.29) is 5.91 Å². The number of aromatic nitrogens is 5. The lowest BCUT2D eigenvalue weighted by Gasteiger charge is -2.10. The number of hydrogen-bond acceptors (Lipinski definition) is 4. The van der Waals surface area contributed by atoms with E-state index in [9.17, 15) is 4.79 Å². The summed E-state index contributed by atoms with van der Waals surface area (Å²) in [7, 11) is 0. The zero-order valence-corrected chi connectivity index (χ0v) is 12.0. The highest BCUT2D eigenvalue weighted by Crippen LogP contribution is 2.23. The van der Waals surface area contributed by atoms with Gasteiger partial charge in [-0.3, -0.25) is 9.89 Å². The number of nitrogens with one attached hydrogen (secondary N) is 2. The Morgan fingerprint density at radius 2 is 2.33 bits per heavy atom. The van der Waals surface area contributed by atoms with Crippen LogP contribution in [0.15, 0.2) is 0 Å². The number of carbonyl (C=O) groups excluding carboxylic acids is 1. The predicted octanol–water partition coefficient (Wildman–Crippen LogP) is 0.401. The fourth-order valence-electron chi connectivity index (χ4n) is 3.36. The molecule has 1 aliphatic carbocycles. The minimum absolute atomic E-state index is 0.0613. The van der Waals surface area contributed by atoms with E-state index < -0.39 is 0 Å². The van der Waals surface area contributed by atoms with Gasteiger partial charge in [-0.2, -0.15) is 5.10 Å². The molecule has 0 saturated carbocycles. The number of fused-ring (bicyclic) bond motifs is 2. The molecule has 110 valence electrons. The second-order valence-corrected chi connectivity index (χ2v) is 5.94. The number of amides is 1. The lowest BCUT2D eigenvalue weighted by molar-refractivity contribution is 0.0941. The molecule has 1 amide bonds. The van der Waals surface area contributed by atoms with Crippen molar-refractivity contribution in [1.29, 1.82) is 0 Å². The number of carbonyl (C=O) groups is 1. The molecule has 7 nitrogen and oxygen atoms in total. The molecule has 2 aromatic rings. The molecule has 2 aromatic heterocycles. The van der Waals surface area contributed by atoms with Crippen LogP contribution in [0.2, 0.25) is 0 Å². The predicted molar refractivity (Wildman–Crippen MR) is 74.9 cm³/mol. The fraction of sp³-hybridized carbons (Fsp3) is 0.571. The van der Waals surface area contributed by atoms with E-state index in [1.54, 1.807) is 0 Å². The molecule has 2 aliphatic rings. The summed E-state index contributed by atoms with van der Waals surface area (Å²) in [5.41, 5.74) is 2.81. The Labute approximate surface area is 122 Å². The van der Waals surface area contributed by atoms with E-state index in [4.69, 9.17) is 0 Å². The van der Waals surface area contributed by atoms with Gasteiger partial charge in [-0.1, -0.05) is 0 Å². The normalized spacial score (nSPS) is 19.6. The van der Waals surface area contributed by atoms with Crippen LogP contribution in [0.1, 0.15) is 39.8 Å². The number of H-pyrrole nitrogens is 1. The van der Waals surface area contributed by atoms with Gasteiger partial charge in [-0.15, -0.1) is 10.2 Å². The molecule has 0 fully saturated rings. The van der Waals surface area contributed by atoms with Gasteiger partial charge in [0, 0.05) is 36.7 Å². The molecule has 21 heavy (non-hydrogen) atoms. The molecule has 0 radical (unpaired) electrons. The van der Waals surface area contributed by atoms with Crippen molar-refractivity contribution in [3.05, 3.63) is 28.6 Å². The third-order valence-electron chi connectivity index (χ3n) is 4.50. The molecule has 0 bridgehead atoms. The SMILES string of the molecule is Cc1nnc2n1CC(CNC(=O)c1n[nH]c3c1CCC3)C2. The number of rotatable bonds is 3. The van der Waals surface area contributed by atoms with Crippen molar-refractivity contribution in [2.45, 2.75) is 39.2 Å². The largest absolute Gasteiger partial charge is 0.350 e. The summed E-state index contributed by atoms with van der Waals surface area (Å²) in [4.78, 5) is 12.3. The van der Waals surface area contributed by atoms with E-state index in [2.05, 4.69) is 30.3 Å². The topological polar surface area (TPSA) is 88.5 Å². The first-order chi connectivity index (χ1) is 10.2. The molecule has 1 atom stereocenters. The molecule has 3 heterocycles. The van der Waals surface area contributed by atoms with Gasteiger partial charge >= 0.3 is 0 Å². The first-order valence-corrected chi connectivity index (χ1v) is 7.45. The Bertz CT molecular complexity index is 700. The summed E-state index contributed by atoms with van der Waals surface area (Å²) in [6.07, 6.45) is 3.95. The number of aromatic amines is 1. The highest BCUT2D eigenvalue weighted by Gasteiger charge is 2.27. The summed E-state index contributed by atoms with van der Waals surface area (Å²) >= 11 is 0. The van der Waals surface area contributed by atoms with Crippen molar-refractivity contribution >= 4 is 5.91 Å². The van der Waals surface area contributed by atoms with E-state index in [0.29, 0.717) is 18.2 Å². The van der Waals surface area contributed by atoms with E-state index in [1.807, 2.05) is 6.92 Å². The fourth-order valence-corrected chi connectivity index (χ4v) is 3.36. The van der Waals surface area contributed by atoms with Crippen LogP contribution in [-0.2, 0) is 25.8 Å². The summed E-state index contributed by atoms with van der Waals surface area (Å²) < 4.78 is 2.13. The molecule has 1 aliphatic heterocycles. The van der Waals surface area contributed by atoms with Crippen LogP contribution in [-0.4, -0.2) is 37.4 Å². The monoisotopic (exact) mass is 286 g/mol. The van der Waals surface area contributed by atoms with Crippen molar-refractivity contribution in [3.63, 3.8) is 0 Å². The number of aryl methyl sites for hydroxylation is 2. The third kappa shape index (κ3) is 2.03. The maximum atomic E-state index is 12.3. The zero-order chi connectivity index (χ0) is 14.4. The quantitative estimate of drug-likeness (QED) is 0.855. The third-order valence-corrected chi connectivity index (χ3v) is 4.50. The van der Waals surface area contributed by atoms with Crippen LogP contribution in [0, 0.1) is 12.8 Å². The highest BCUT2D eigenvalue weighted by molar-refractivity contribution is 5.94. The molecular formula is C14H18N6O. The first-order valence-electron chi connectivity index (χ1n) is 7.45. The maximum Gasteiger partial charge on any atom is 0.272 e. The van der Waals surface area contributed by atoms with Crippen LogP contribution in [0.4, 0.5) is 0 Å². The van der Waals surface area contributed by atoms with Gasteiger partial charge in [0.1, 0.15) is 11.6 Å². The summed E-state index contributed by atoms with van der Waals surface area (Å²) in [6.45, 7) is 3.50. The Morgan fingerprint density at radius 1 is 1.43 bits per heavy atom. The van der Waals surface area contributed by atoms with Crippen LogP contribution < -0.4 is 5.32 Å². The summed E-state index contributed by atoms with van der Waals surface area (Å²) in [6, 6.07) is 0. The molecule has 0 aromatic carbocycles. The lowest BCUT2D eigenvalue weighted by Crippen LogP contribution is -2.31. The van der Waals surface area contributed by atoms with Gasteiger partial charge in [0.25, 0.3) is 5.91 Å². The molecule has 1 unspecified atom stereocenters. The Hall–Kier alpha value is -2.18. The van der Waals surface area contributed by atoms with Gasteiger partial charge in [-0.05, 0) is 26.2 Å². The van der Waals surface area contributed by atoms with E-state index in [1.165, 1.54) is 0 Å². The van der Waals surface area contributed by atoms with Gasteiger partial charge < -0.3 is 9.88 Å². The maximum absolute atomic E-state index is 12.3. The zero-order valence-electron chi connectivity index (χ0n) is 12.0. The van der Waals surface area contributed by atoms with Gasteiger partial charge in [0.2, 0.25) is 0 Å². The molecular weight excluding hydrogens is 268 g/mol. The minimum Gasteiger partial charge on any atom is -0.350 e. The van der Waals surface area contributed by atoms with Crippen molar-refractivity contribution in [2.75, 3.05) is 6.54 Å². The first kappa shape index (κ1) is 12.6. The van der Waals surface area contributed by atoms with Crippen LogP contribution in [0.5, 0.6) is 0 Å². The molecule has 0 saturated heterocycles. The van der Waals surface area contributed by atoms with Crippen molar-refractivity contribution in [1.82, 2.24) is 30.3 Å².